The molecule has 0 aliphatic carbocycles. The Morgan fingerprint density at radius 2 is 1.71 bits per heavy atom. The van der Waals surface area contributed by atoms with E-state index in [9.17, 15) is 0 Å². The lowest BCUT2D eigenvalue weighted by atomic mass is 9.78. The SMILES string of the molecule is Cc1nn(-c2ccccc2)c2c1C1c3ccccc3OCC1CO2. The van der Waals surface area contributed by atoms with Crippen LogP contribution in [-0.2, 0) is 0 Å². The van der Waals surface area contributed by atoms with Crippen molar-refractivity contribution in [1.29, 1.82) is 0 Å². The third-order valence-corrected chi connectivity index (χ3v) is 4.99. The van der Waals surface area contributed by atoms with Gasteiger partial charge >= 0.3 is 0 Å². The van der Waals surface area contributed by atoms with Crippen LogP contribution in [0.4, 0.5) is 0 Å². The second-order valence-corrected chi connectivity index (χ2v) is 6.45. The van der Waals surface area contributed by atoms with Crippen molar-refractivity contribution >= 4 is 0 Å². The van der Waals surface area contributed by atoms with Gasteiger partial charge in [-0.25, -0.2) is 4.68 Å². The molecule has 0 N–H and O–H groups in total. The molecule has 0 radical (unpaired) electrons. The Kier molecular flexibility index (Phi) is 2.92. The van der Waals surface area contributed by atoms with Crippen molar-refractivity contribution in [1.82, 2.24) is 9.78 Å². The Hall–Kier alpha value is -2.75. The average Bonchev–Trinajstić information content (AvgIpc) is 2.99. The van der Waals surface area contributed by atoms with Crippen molar-refractivity contribution in [2.45, 2.75) is 12.8 Å². The molecule has 2 unspecified atom stereocenters. The van der Waals surface area contributed by atoms with Gasteiger partial charge in [0.15, 0.2) is 0 Å². The van der Waals surface area contributed by atoms with E-state index in [4.69, 9.17) is 14.6 Å². The van der Waals surface area contributed by atoms with Crippen LogP contribution < -0.4 is 9.47 Å². The van der Waals surface area contributed by atoms with Crippen LogP contribution in [0.2, 0.25) is 0 Å². The fraction of sp³-hybridized carbons (Fsp3) is 0.250. The third kappa shape index (κ3) is 1.89. The van der Waals surface area contributed by atoms with E-state index in [0.717, 1.165) is 23.0 Å². The highest BCUT2D eigenvalue weighted by atomic mass is 16.5. The van der Waals surface area contributed by atoms with Crippen LogP contribution in [-0.4, -0.2) is 23.0 Å². The van der Waals surface area contributed by atoms with E-state index in [0.29, 0.717) is 19.1 Å². The predicted molar refractivity (Wildman–Crippen MR) is 91.1 cm³/mol. The van der Waals surface area contributed by atoms with E-state index in [1.54, 1.807) is 0 Å². The summed E-state index contributed by atoms with van der Waals surface area (Å²) >= 11 is 0. The molecule has 5 rings (SSSR count). The minimum absolute atomic E-state index is 0.288. The first kappa shape index (κ1) is 13.7. The molecule has 0 saturated carbocycles. The van der Waals surface area contributed by atoms with E-state index in [1.165, 1.54) is 11.1 Å². The number of benzene rings is 2. The van der Waals surface area contributed by atoms with Crippen molar-refractivity contribution in [2.24, 2.45) is 5.92 Å². The van der Waals surface area contributed by atoms with Gasteiger partial charge in [0.05, 0.1) is 24.6 Å². The highest BCUT2D eigenvalue weighted by Crippen LogP contribution is 2.48. The molecule has 2 aliphatic rings. The molecule has 2 aliphatic heterocycles. The Labute approximate surface area is 140 Å². The Morgan fingerprint density at radius 3 is 2.58 bits per heavy atom. The van der Waals surface area contributed by atoms with Gasteiger partial charge in [0, 0.05) is 23.0 Å². The van der Waals surface area contributed by atoms with E-state index < -0.39 is 0 Å². The molecule has 120 valence electrons. The molecule has 0 spiro atoms. The Morgan fingerprint density at radius 1 is 0.958 bits per heavy atom. The van der Waals surface area contributed by atoms with Crippen LogP contribution in [0.25, 0.3) is 5.69 Å². The lowest BCUT2D eigenvalue weighted by Crippen LogP contribution is -2.35. The van der Waals surface area contributed by atoms with E-state index in [2.05, 4.69) is 37.3 Å². The largest absolute Gasteiger partial charge is 0.493 e. The summed E-state index contributed by atoms with van der Waals surface area (Å²) in [7, 11) is 0. The van der Waals surface area contributed by atoms with Gasteiger partial charge in [-0.15, -0.1) is 0 Å². The molecule has 0 bridgehead atoms. The highest BCUT2D eigenvalue weighted by molar-refractivity contribution is 5.52. The van der Waals surface area contributed by atoms with Crippen LogP contribution in [0.15, 0.2) is 54.6 Å². The van der Waals surface area contributed by atoms with Crippen LogP contribution in [0, 0.1) is 12.8 Å². The number of para-hydroxylation sites is 2. The summed E-state index contributed by atoms with van der Waals surface area (Å²) in [5.74, 6) is 2.48. The van der Waals surface area contributed by atoms with Crippen molar-refractivity contribution in [3.05, 3.63) is 71.4 Å². The highest BCUT2D eigenvalue weighted by Gasteiger charge is 2.41. The number of aromatic nitrogens is 2. The lowest BCUT2D eigenvalue weighted by Gasteiger charge is -2.37. The molecule has 24 heavy (non-hydrogen) atoms. The van der Waals surface area contributed by atoms with Crippen molar-refractivity contribution in [2.75, 3.05) is 13.2 Å². The maximum Gasteiger partial charge on any atom is 0.220 e. The molecular formula is C20H18N2O2. The molecule has 2 atom stereocenters. The summed E-state index contributed by atoms with van der Waals surface area (Å²) in [5, 5.41) is 4.78. The van der Waals surface area contributed by atoms with Gasteiger partial charge in [-0.3, -0.25) is 0 Å². The standard InChI is InChI=1S/C20H18N2O2/c1-13-18-19-14(11-23-17-10-6-5-9-16(17)19)12-24-20(18)22(21-13)15-7-3-2-4-8-15/h2-10,14,19H,11-12H2,1H3. The fourth-order valence-corrected chi connectivity index (χ4v) is 3.90. The summed E-state index contributed by atoms with van der Waals surface area (Å²) < 4.78 is 14.0. The lowest BCUT2D eigenvalue weighted by molar-refractivity contribution is 0.121. The van der Waals surface area contributed by atoms with E-state index in [1.807, 2.05) is 28.9 Å². The molecule has 4 nitrogen and oxygen atoms in total. The Bertz CT molecular complexity index is 901. The first-order chi connectivity index (χ1) is 11.8. The first-order valence-electron chi connectivity index (χ1n) is 8.32. The maximum absolute atomic E-state index is 6.13. The number of nitrogens with zero attached hydrogens (tertiary/aromatic N) is 2. The zero-order valence-electron chi connectivity index (χ0n) is 13.5. The van der Waals surface area contributed by atoms with Crippen LogP contribution >= 0.6 is 0 Å². The molecule has 4 heteroatoms. The van der Waals surface area contributed by atoms with Gasteiger partial charge in [-0.05, 0) is 25.1 Å². The van der Waals surface area contributed by atoms with Gasteiger partial charge in [0.2, 0.25) is 5.88 Å². The molecule has 0 amide bonds. The van der Waals surface area contributed by atoms with Gasteiger partial charge in [-0.1, -0.05) is 36.4 Å². The normalized spacial score (nSPS) is 21.0. The van der Waals surface area contributed by atoms with Gasteiger partial charge in [-0.2, -0.15) is 5.10 Å². The fourth-order valence-electron chi connectivity index (χ4n) is 3.90. The van der Waals surface area contributed by atoms with Crippen molar-refractivity contribution in [3.63, 3.8) is 0 Å². The number of hydrogen-bond acceptors (Lipinski definition) is 3. The molecule has 3 heterocycles. The summed E-state index contributed by atoms with van der Waals surface area (Å²) in [6, 6.07) is 18.5. The molecule has 1 aromatic heterocycles. The summed E-state index contributed by atoms with van der Waals surface area (Å²) in [6.07, 6.45) is 0. The number of rotatable bonds is 1. The van der Waals surface area contributed by atoms with Crippen LogP contribution in [0.5, 0.6) is 11.6 Å². The number of ether oxygens (including phenoxy) is 2. The summed E-state index contributed by atoms with van der Waals surface area (Å²) in [5.41, 5.74) is 4.50. The zero-order valence-corrected chi connectivity index (χ0v) is 13.5. The number of aryl methyl sites for hydroxylation is 1. The van der Waals surface area contributed by atoms with Gasteiger partial charge < -0.3 is 9.47 Å². The van der Waals surface area contributed by atoms with Crippen molar-refractivity contribution in [3.8, 4) is 17.3 Å². The van der Waals surface area contributed by atoms with Crippen LogP contribution in [0.3, 0.4) is 0 Å². The maximum atomic E-state index is 6.13. The average molecular weight is 318 g/mol. The smallest absolute Gasteiger partial charge is 0.220 e. The third-order valence-electron chi connectivity index (χ3n) is 4.99. The number of hydrogen-bond donors (Lipinski definition) is 0. The molecular weight excluding hydrogens is 300 g/mol. The van der Waals surface area contributed by atoms with E-state index >= 15 is 0 Å². The van der Waals surface area contributed by atoms with Crippen LogP contribution in [0.1, 0.15) is 22.7 Å². The molecule has 3 aromatic rings. The second-order valence-electron chi connectivity index (χ2n) is 6.45. The number of fused-ring (bicyclic) bond motifs is 5. The zero-order chi connectivity index (χ0) is 16.1. The quantitative estimate of drug-likeness (QED) is 0.686. The first-order valence-corrected chi connectivity index (χ1v) is 8.32. The predicted octanol–water partition coefficient (Wildman–Crippen LogP) is 3.71. The minimum Gasteiger partial charge on any atom is -0.493 e. The molecule has 0 saturated heterocycles. The summed E-state index contributed by atoms with van der Waals surface area (Å²) in [4.78, 5) is 0. The molecule has 0 fully saturated rings. The topological polar surface area (TPSA) is 36.3 Å². The monoisotopic (exact) mass is 318 g/mol. The van der Waals surface area contributed by atoms with Crippen molar-refractivity contribution < 1.29 is 9.47 Å². The van der Waals surface area contributed by atoms with E-state index in [-0.39, 0.29) is 5.92 Å². The summed E-state index contributed by atoms with van der Waals surface area (Å²) in [6.45, 7) is 3.42. The molecule has 2 aromatic carbocycles. The van der Waals surface area contributed by atoms with Gasteiger partial charge in [0.1, 0.15) is 5.75 Å². The minimum atomic E-state index is 0.288. The van der Waals surface area contributed by atoms with Gasteiger partial charge in [0.25, 0.3) is 0 Å². The Balaban J connectivity index is 1.71. The second kappa shape index (κ2) is 5.13.